The molecule has 0 bridgehead atoms. The second-order valence-electron chi connectivity index (χ2n) is 4.44. The Balaban J connectivity index is 3.22. The first kappa shape index (κ1) is 12.4. The molecular weight excluding hydrogens is 238 g/mol. The molecule has 1 heterocycles. The molecular formula is C8H14ClN3O2S. The Morgan fingerprint density at radius 3 is 2.33 bits per heavy atom. The maximum absolute atomic E-state index is 11.0. The highest BCUT2D eigenvalue weighted by Gasteiger charge is 2.26. The lowest BCUT2D eigenvalue weighted by atomic mass is 9.91. The fourth-order valence-corrected chi connectivity index (χ4v) is 2.41. The third-order valence-corrected chi connectivity index (χ3v) is 2.86. The molecule has 1 aromatic heterocycles. The molecule has 0 N–H and O–H groups in total. The van der Waals surface area contributed by atoms with Crippen LogP contribution in [-0.2, 0) is 27.3 Å². The third-order valence-electron chi connectivity index (χ3n) is 1.92. The van der Waals surface area contributed by atoms with Crippen molar-refractivity contribution in [2.24, 2.45) is 7.05 Å². The van der Waals surface area contributed by atoms with E-state index in [1.54, 1.807) is 11.7 Å². The van der Waals surface area contributed by atoms with Crippen LogP contribution in [0.3, 0.4) is 0 Å². The number of hydrogen-bond acceptors (Lipinski definition) is 4. The number of hydrogen-bond donors (Lipinski definition) is 0. The zero-order valence-corrected chi connectivity index (χ0v) is 10.7. The van der Waals surface area contributed by atoms with E-state index >= 15 is 0 Å². The molecule has 15 heavy (non-hydrogen) atoms. The second kappa shape index (κ2) is 3.75. The zero-order valence-electron chi connectivity index (χ0n) is 9.15. The number of aromatic nitrogens is 3. The van der Waals surface area contributed by atoms with Crippen molar-refractivity contribution in [3.05, 3.63) is 11.4 Å². The van der Waals surface area contributed by atoms with Crippen molar-refractivity contribution < 1.29 is 8.42 Å². The minimum atomic E-state index is -3.59. The molecule has 0 amide bonds. The maximum Gasteiger partial charge on any atom is 0.238 e. The predicted molar refractivity (Wildman–Crippen MR) is 58.2 cm³/mol. The van der Waals surface area contributed by atoms with Gasteiger partial charge in [-0.05, 0) is 0 Å². The normalized spacial score (nSPS) is 13.1. The molecule has 0 saturated carbocycles. The standard InChI is InChI=1S/C8H14ClN3O2S/c1-8(2,3)7-6(5-15(9,13)14)10-11-12(7)4/h5H2,1-4H3. The number of nitrogens with zero attached hydrogens (tertiary/aromatic N) is 3. The Labute approximate surface area is 93.8 Å². The van der Waals surface area contributed by atoms with E-state index in [0.717, 1.165) is 5.69 Å². The summed E-state index contributed by atoms with van der Waals surface area (Å²) in [6.07, 6.45) is 0. The lowest BCUT2D eigenvalue weighted by Gasteiger charge is -2.19. The van der Waals surface area contributed by atoms with Crippen molar-refractivity contribution in [1.82, 2.24) is 15.0 Å². The van der Waals surface area contributed by atoms with Gasteiger partial charge in [0, 0.05) is 23.1 Å². The van der Waals surface area contributed by atoms with E-state index in [0.29, 0.717) is 5.69 Å². The summed E-state index contributed by atoms with van der Waals surface area (Å²) < 4.78 is 23.5. The summed E-state index contributed by atoms with van der Waals surface area (Å²) >= 11 is 0. The van der Waals surface area contributed by atoms with Gasteiger partial charge in [0.1, 0.15) is 11.4 Å². The smallest absolute Gasteiger partial charge is 0.238 e. The van der Waals surface area contributed by atoms with Crippen LogP contribution in [0.4, 0.5) is 0 Å². The van der Waals surface area contributed by atoms with Crippen LogP contribution in [0.25, 0.3) is 0 Å². The van der Waals surface area contributed by atoms with Gasteiger partial charge in [-0.3, -0.25) is 4.68 Å². The Hall–Kier alpha value is -0.620. The van der Waals surface area contributed by atoms with Gasteiger partial charge in [-0.1, -0.05) is 26.0 Å². The Bertz CT molecular complexity index is 459. The largest absolute Gasteiger partial charge is 0.252 e. The van der Waals surface area contributed by atoms with Crippen molar-refractivity contribution in [2.75, 3.05) is 0 Å². The Morgan fingerprint density at radius 1 is 1.40 bits per heavy atom. The molecule has 1 rings (SSSR count). The molecule has 0 spiro atoms. The number of halogens is 1. The van der Waals surface area contributed by atoms with Crippen molar-refractivity contribution in [3.8, 4) is 0 Å². The van der Waals surface area contributed by atoms with Gasteiger partial charge in [0.25, 0.3) is 0 Å². The van der Waals surface area contributed by atoms with Crippen LogP contribution in [0.1, 0.15) is 32.2 Å². The summed E-state index contributed by atoms with van der Waals surface area (Å²) in [5, 5.41) is 7.63. The van der Waals surface area contributed by atoms with E-state index in [1.807, 2.05) is 20.8 Å². The van der Waals surface area contributed by atoms with Crippen LogP contribution in [0.5, 0.6) is 0 Å². The molecule has 7 heteroatoms. The van der Waals surface area contributed by atoms with Gasteiger partial charge in [0.15, 0.2) is 0 Å². The average molecular weight is 252 g/mol. The molecule has 1 aromatic rings. The van der Waals surface area contributed by atoms with Gasteiger partial charge in [0.2, 0.25) is 9.05 Å². The van der Waals surface area contributed by atoms with Crippen molar-refractivity contribution in [3.63, 3.8) is 0 Å². The van der Waals surface area contributed by atoms with Crippen LogP contribution in [0.2, 0.25) is 0 Å². The second-order valence-corrected chi connectivity index (χ2v) is 7.22. The first-order valence-corrected chi connectivity index (χ1v) is 6.90. The number of rotatable bonds is 2. The summed E-state index contributed by atoms with van der Waals surface area (Å²) in [6.45, 7) is 5.90. The molecule has 0 unspecified atom stereocenters. The molecule has 86 valence electrons. The molecule has 0 saturated heterocycles. The lowest BCUT2D eigenvalue weighted by Crippen LogP contribution is -2.19. The van der Waals surface area contributed by atoms with Crippen LogP contribution >= 0.6 is 10.7 Å². The van der Waals surface area contributed by atoms with Gasteiger partial charge in [-0.25, -0.2) is 8.42 Å². The van der Waals surface area contributed by atoms with Crippen LogP contribution in [0.15, 0.2) is 0 Å². The highest BCUT2D eigenvalue weighted by Crippen LogP contribution is 2.25. The molecule has 0 aromatic carbocycles. The minimum absolute atomic E-state index is 0.213. The predicted octanol–water partition coefficient (Wildman–Crippen LogP) is 1.18. The van der Waals surface area contributed by atoms with Crippen molar-refractivity contribution >= 4 is 19.7 Å². The highest BCUT2D eigenvalue weighted by atomic mass is 35.7. The van der Waals surface area contributed by atoms with Gasteiger partial charge < -0.3 is 0 Å². The molecule has 5 nitrogen and oxygen atoms in total. The molecule has 0 aliphatic carbocycles. The van der Waals surface area contributed by atoms with Gasteiger partial charge in [-0.2, -0.15) is 0 Å². The molecule has 0 aliphatic rings. The Kier molecular flexibility index (Phi) is 3.11. The maximum atomic E-state index is 11.0. The fraction of sp³-hybridized carbons (Fsp3) is 0.750. The van der Waals surface area contributed by atoms with Crippen LogP contribution in [-0.4, -0.2) is 23.4 Å². The number of aryl methyl sites for hydroxylation is 1. The van der Waals surface area contributed by atoms with E-state index in [4.69, 9.17) is 10.7 Å². The zero-order chi connectivity index (χ0) is 11.9. The molecule has 0 fully saturated rings. The summed E-state index contributed by atoms with van der Waals surface area (Å²) in [4.78, 5) is 0. The van der Waals surface area contributed by atoms with Crippen LogP contribution < -0.4 is 0 Å². The summed E-state index contributed by atoms with van der Waals surface area (Å²) in [6, 6.07) is 0. The topological polar surface area (TPSA) is 64.8 Å². The fourth-order valence-electron chi connectivity index (χ4n) is 1.58. The average Bonchev–Trinajstić information content (AvgIpc) is 2.25. The summed E-state index contributed by atoms with van der Waals surface area (Å²) in [5.74, 6) is -0.283. The summed E-state index contributed by atoms with van der Waals surface area (Å²) in [7, 11) is 3.34. The monoisotopic (exact) mass is 251 g/mol. The van der Waals surface area contributed by atoms with Gasteiger partial charge in [-0.15, -0.1) is 5.10 Å². The van der Waals surface area contributed by atoms with Crippen molar-refractivity contribution in [2.45, 2.75) is 31.9 Å². The van der Waals surface area contributed by atoms with Crippen molar-refractivity contribution in [1.29, 1.82) is 0 Å². The molecule has 0 aliphatic heterocycles. The minimum Gasteiger partial charge on any atom is -0.252 e. The van der Waals surface area contributed by atoms with E-state index in [-0.39, 0.29) is 11.2 Å². The van der Waals surface area contributed by atoms with E-state index in [9.17, 15) is 8.42 Å². The van der Waals surface area contributed by atoms with Crippen LogP contribution in [0, 0.1) is 0 Å². The van der Waals surface area contributed by atoms with E-state index in [2.05, 4.69) is 10.3 Å². The molecule has 0 radical (unpaired) electrons. The van der Waals surface area contributed by atoms with E-state index < -0.39 is 9.05 Å². The Morgan fingerprint density at radius 2 is 1.93 bits per heavy atom. The SMILES string of the molecule is Cn1nnc(CS(=O)(=O)Cl)c1C(C)(C)C. The van der Waals surface area contributed by atoms with E-state index in [1.165, 1.54) is 0 Å². The highest BCUT2D eigenvalue weighted by molar-refractivity contribution is 8.13. The van der Waals surface area contributed by atoms with Gasteiger partial charge in [0.05, 0.1) is 5.69 Å². The first-order chi connectivity index (χ1) is 6.61. The van der Waals surface area contributed by atoms with Gasteiger partial charge >= 0.3 is 0 Å². The molecule has 0 atom stereocenters. The lowest BCUT2D eigenvalue weighted by molar-refractivity contribution is 0.517. The quantitative estimate of drug-likeness (QED) is 0.741. The first-order valence-electron chi connectivity index (χ1n) is 4.42. The summed E-state index contributed by atoms with van der Waals surface area (Å²) in [5.41, 5.74) is 0.988. The third kappa shape index (κ3) is 3.17.